The Balaban J connectivity index is 3.10. The minimum absolute atomic E-state index is 0.106. The average molecular weight is 279 g/mol. The van der Waals surface area contributed by atoms with E-state index >= 15 is 0 Å². The third kappa shape index (κ3) is 2.84. The average Bonchev–Trinajstić information content (AvgIpc) is 2.23. The smallest absolute Gasteiger partial charge is 0.195 e. The molecule has 0 aliphatic carbocycles. The van der Waals surface area contributed by atoms with E-state index < -0.39 is 17.5 Å². The van der Waals surface area contributed by atoms with Crippen LogP contribution in [-0.2, 0) is 0 Å². The van der Waals surface area contributed by atoms with Gasteiger partial charge in [0, 0.05) is 10.9 Å². The van der Waals surface area contributed by atoms with Gasteiger partial charge in [-0.1, -0.05) is 22.0 Å². The topological polar surface area (TPSA) is 0 Å². The van der Waals surface area contributed by atoms with Crippen LogP contribution in [0, 0.1) is 17.5 Å². The summed E-state index contributed by atoms with van der Waals surface area (Å²) in [4.78, 5) is 0. The summed E-state index contributed by atoms with van der Waals surface area (Å²) in [6.07, 6.45) is 2.48. The predicted octanol–water partition coefficient (Wildman–Crippen LogP) is 4.29. The van der Waals surface area contributed by atoms with Gasteiger partial charge in [0.25, 0.3) is 0 Å². The molecule has 1 aromatic rings. The second kappa shape index (κ2) is 5.35. The Hall–Kier alpha value is -0.770. The van der Waals surface area contributed by atoms with Crippen molar-refractivity contribution in [2.24, 2.45) is 0 Å². The fraction of sp³-hybridized carbons (Fsp3) is 0.273. The van der Waals surface area contributed by atoms with Gasteiger partial charge in [0.2, 0.25) is 0 Å². The van der Waals surface area contributed by atoms with E-state index in [0.29, 0.717) is 12.0 Å². The molecule has 4 heteroatoms. The van der Waals surface area contributed by atoms with Gasteiger partial charge in [-0.05, 0) is 31.1 Å². The van der Waals surface area contributed by atoms with Crippen LogP contribution in [0.2, 0.25) is 0 Å². The maximum atomic E-state index is 13.3. The van der Waals surface area contributed by atoms with Crippen LogP contribution in [0.15, 0.2) is 18.2 Å². The second-order valence-corrected chi connectivity index (χ2v) is 3.88. The first-order valence-electron chi connectivity index (χ1n) is 4.44. The van der Waals surface area contributed by atoms with E-state index in [1.165, 1.54) is 6.07 Å². The Bertz CT molecular complexity index is 386. The van der Waals surface area contributed by atoms with Gasteiger partial charge in [-0.3, -0.25) is 0 Å². The first-order chi connectivity index (χ1) is 7.07. The summed E-state index contributed by atoms with van der Waals surface area (Å²) in [6.45, 7) is 1.67. The first-order valence-corrected chi connectivity index (χ1v) is 5.56. The molecule has 0 heterocycles. The van der Waals surface area contributed by atoms with Crippen molar-refractivity contribution in [3.8, 4) is 0 Å². The molecule has 0 bridgehead atoms. The van der Waals surface area contributed by atoms with Gasteiger partial charge in [0.15, 0.2) is 17.5 Å². The molecule has 15 heavy (non-hydrogen) atoms. The number of hydrogen-bond donors (Lipinski definition) is 0. The lowest BCUT2D eigenvalue weighted by atomic mass is 10.1. The lowest BCUT2D eigenvalue weighted by Crippen LogP contribution is -1.95. The number of benzene rings is 1. The monoisotopic (exact) mass is 278 g/mol. The SMILES string of the molecule is C/C(=C/CCBr)c1ccc(F)c(F)c1F. The fourth-order valence-corrected chi connectivity index (χ4v) is 1.44. The van der Waals surface area contributed by atoms with Crippen LogP contribution in [0.25, 0.3) is 5.57 Å². The zero-order valence-electron chi connectivity index (χ0n) is 8.16. The molecule has 0 fully saturated rings. The van der Waals surface area contributed by atoms with Crippen LogP contribution in [0.5, 0.6) is 0 Å². The molecule has 0 aliphatic rings. The molecule has 0 aliphatic heterocycles. The van der Waals surface area contributed by atoms with E-state index in [-0.39, 0.29) is 5.56 Å². The van der Waals surface area contributed by atoms with Gasteiger partial charge in [0.05, 0.1) is 0 Å². The van der Waals surface area contributed by atoms with Crippen molar-refractivity contribution in [1.29, 1.82) is 0 Å². The van der Waals surface area contributed by atoms with Crippen molar-refractivity contribution in [2.45, 2.75) is 13.3 Å². The van der Waals surface area contributed by atoms with Crippen molar-refractivity contribution in [3.63, 3.8) is 0 Å². The highest BCUT2D eigenvalue weighted by atomic mass is 79.9. The van der Waals surface area contributed by atoms with Gasteiger partial charge < -0.3 is 0 Å². The summed E-state index contributed by atoms with van der Waals surface area (Å²) < 4.78 is 38.8. The molecule has 0 spiro atoms. The molecular formula is C11H10BrF3. The fourth-order valence-electron chi connectivity index (χ4n) is 1.21. The molecule has 0 amide bonds. The molecule has 0 unspecified atom stereocenters. The third-order valence-corrected chi connectivity index (χ3v) is 2.48. The third-order valence-electron chi connectivity index (χ3n) is 2.02. The van der Waals surface area contributed by atoms with E-state index in [2.05, 4.69) is 15.9 Å². The quantitative estimate of drug-likeness (QED) is 0.572. The Morgan fingerprint density at radius 3 is 2.53 bits per heavy atom. The van der Waals surface area contributed by atoms with Gasteiger partial charge in [0.1, 0.15) is 0 Å². The summed E-state index contributed by atoms with van der Waals surface area (Å²) in [7, 11) is 0. The second-order valence-electron chi connectivity index (χ2n) is 3.09. The van der Waals surface area contributed by atoms with E-state index in [9.17, 15) is 13.2 Å². The molecule has 0 saturated carbocycles. The number of rotatable bonds is 3. The van der Waals surface area contributed by atoms with E-state index in [4.69, 9.17) is 0 Å². The Morgan fingerprint density at radius 1 is 1.27 bits per heavy atom. The molecule has 82 valence electrons. The highest BCUT2D eigenvalue weighted by Crippen LogP contribution is 2.22. The molecule has 0 radical (unpaired) electrons. The molecule has 0 atom stereocenters. The number of allylic oxidation sites excluding steroid dienone is 2. The molecule has 0 N–H and O–H groups in total. The minimum atomic E-state index is -1.42. The molecular weight excluding hydrogens is 269 g/mol. The Morgan fingerprint density at radius 2 is 1.93 bits per heavy atom. The van der Waals surface area contributed by atoms with Gasteiger partial charge in [-0.2, -0.15) is 0 Å². The number of hydrogen-bond acceptors (Lipinski definition) is 0. The maximum absolute atomic E-state index is 13.3. The normalized spacial score (nSPS) is 11.9. The van der Waals surface area contributed by atoms with Crippen molar-refractivity contribution < 1.29 is 13.2 Å². The minimum Gasteiger partial charge on any atom is -0.204 e. The van der Waals surface area contributed by atoms with Crippen LogP contribution >= 0.6 is 15.9 Å². The van der Waals surface area contributed by atoms with Crippen molar-refractivity contribution in [2.75, 3.05) is 5.33 Å². The van der Waals surface area contributed by atoms with Crippen molar-refractivity contribution in [3.05, 3.63) is 41.2 Å². The number of alkyl halides is 1. The van der Waals surface area contributed by atoms with Gasteiger partial charge in [-0.25, -0.2) is 13.2 Å². The van der Waals surface area contributed by atoms with Crippen LogP contribution in [0.4, 0.5) is 13.2 Å². The zero-order chi connectivity index (χ0) is 11.4. The summed E-state index contributed by atoms with van der Waals surface area (Å²) in [5.41, 5.74) is 0.709. The molecule has 0 aromatic heterocycles. The van der Waals surface area contributed by atoms with E-state index in [0.717, 1.165) is 11.4 Å². The van der Waals surface area contributed by atoms with Crippen molar-refractivity contribution >= 4 is 21.5 Å². The molecule has 0 nitrogen and oxygen atoms in total. The summed E-state index contributed by atoms with van der Waals surface area (Å²) in [6, 6.07) is 2.17. The predicted molar refractivity (Wildman–Crippen MR) is 58.4 cm³/mol. The lowest BCUT2D eigenvalue weighted by molar-refractivity contribution is 0.445. The summed E-state index contributed by atoms with van der Waals surface area (Å²) in [5.74, 6) is -3.71. The van der Waals surface area contributed by atoms with Crippen LogP contribution < -0.4 is 0 Å². The maximum Gasteiger partial charge on any atom is 0.195 e. The van der Waals surface area contributed by atoms with E-state index in [1.54, 1.807) is 13.0 Å². The molecule has 1 aromatic carbocycles. The van der Waals surface area contributed by atoms with Crippen LogP contribution in [0.1, 0.15) is 18.9 Å². The van der Waals surface area contributed by atoms with Crippen molar-refractivity contribution in [1.82, 2.24) is 0 Å². The van der Waals surface area contributed by atoms with Gasteiger partial charge >= 0.3 is 0 Å². The lowest BCUT2D eigenvalue weighted by Gasteiger charge is -2.04. The highest BCUT2D eigenvalue weighted by Gasteiger charge is 2.13. The highest BCUT2D eigenvalue weighted by molar-refractivity contribution is 9.09. The zero-order valence-corrected chi connectivity index (χ0v) is 9.74. The van der Waals surface area contributed by atoms with Crippen LogP contribution in [-0.4, -0.2) is 5.33 Å². The van der Waals surface area contributed by atoms with E-state index in [1.807, 2.05) is 0 Å². The molecule has 1 rings (SSSR count). The molecule has 0 saturated heterocycles. The van der Waals surface area contributed by atoms with Gasteiger partial charge in [-0.15, -0.1) is 0 Å². The summed E-state index contributed by atoms with van der Waals surface area (Å²) >= 11 is 3.22. The Labute approximate surface area is 94.9 Å². The Kier molecular flexibility index (Phi) is 4.39. The summed E-state index contributed by atoms with van der Waals surface area (Å²) in [5, 5.41) is 0.746. The largest absolute Gasteiger partial charge is 0.204 e. The number of halogens is 4. The standard InChI is InChI=1S/C11H10BrF3/c1-7(3-2-6-12)8-4-5-9(13)11(15)10(8)14/h3-5H,2,6H2,1H3/b7-3-. The first kappa shape index (κ1) is 12.3. The van der Waals surface area contributed by atoms with Crippen LogP contribution in [0.3, 0.4) is 0 Å².